The number of nitrogens with one attached hydrogen (secondary N) is 1. The second-order valence-corrected chi connectivity index (χ2v) is 3.97. The maximum atomic E-state index is 13.6. The third kappa shape index (κ3) is 2.64. The minimum atomic E-state index is -0.570. The molecule has 5 heteroatoms. The van der Waals surface area contributed by atoms with Crippen molar-refractivity contribution in [3.8, 4) is 17.6 Å². The molecule has 20 heavy (non-hydrogen) atoms. The van der Waals surface area contributed by atoms with E-state index in [1.807, 2.05) is 6.07 Å². The first-order valence-electron chi connectivity index (χ1n) is 5.87. The summed E-state index contributed by atoms with van der Waals surface area (Å²) in [5.41, 5.74) is 0.922. The molecule has 0 aliphatic carbocycles. The zero-order valence-corrected chi connectivity index (χ0v) is 11.1. The summed E-state index contributed by atoms with van der Waals surface area (Å²) >= 11 is 0. The van der Waals surface area contributed by atoms with Crippen LogP contribution in [0.5, 0.6) is 11.5 Å². The molecule has 0 heterocycles. The first-order valence-corrected chi connectivity index (χ1v) is 5.87. The van der Waals surface area contributed by atoms with Gasteiger partial charge in [0.15, 0.2) is 0 Å². The lowest BCUT2D eigenvalue weighted by atomic mass is 10.1. The van der Waals surface area contributed by atoms with Crippen molar-refractivity contribution in [2.75, 3.05) is 19.5 Å². The number of nitrogens with zero attached hydrogens (tertiary/aromatic N) is 1. The summed E-state index contributed by atoms with van der Waals surface area (Å²) in [6.45, 7) is 0. The molecule has 1 N–H and O–H groups in total. The monoisotopic (exact) mass is 272 g/mol. The van der Waals surface area contributed by atoms with Crippen LogP contribution in [0.15, 0.2) is 36.4 Å². The molecule has 0 unspecified atom stereocenters. The van der Waals surface area contributed by atoms with E-state index in [4.69, 9.17) is 14.7 Å². The Balaban J connectivity index is 2.44. The first kappa shape index (κ1) is 13.7. The van der Waals surface area contributed by atoms with Gasteiger partial charge in [-0.3, -0.25) is 0 Å². The largest absolute Gasteiger partial charge is 0.497 e. The highest BCUT2D eigenvalue weighted by Gasteiger charge is 2.11. The predicted octanol–water partition coefficient (Wildman–Crippen LogP) is 3.46. The fourth-order valence-corrected chi connectivity index (χ4v) is 1.80. The molecular formula is C15H13FN2O2. The zero-order chi connectivity index (χ0) is 14.5. The maximum absolute atomic E-state index is 13.6. The average Bonchev–Trinajstić information content (AvgIpc) is 2.47. The van der Waals surface area contributed by atoms with Gasteiger partial charge in [0.2, 0.25) is 0 Å². The summed E-state index contributed by atoms with van der Waals surface area (Å²) < 4.78 is 23.9. The molecule has 0 radical (unpaired) electrons. The number of halogens is 1. The number of rotatable bonds is 4. The molecule has 0 fully saturated rings. The van der Waals surface area contributed by atoms with Crippen molar-refractivity contribution in [3.63, 3.8) is 0 Å². The molecule has 0 saturated carbocycles. The Hall–Kier alpha value is -2.74. The SMILES string of the molecule is COc1ccc(OC)c(Nc2cccc(F)c2C#N)c1. The Bertz CT molecular complexity index is 665. The van der Waals surface area contributed by atoms with Gasteiger partial charge in [0.05, 0.1) is 25.6 Å². The van der Waals surface area contributed by atoms with Gasteiger partial charge < -0.3 is 14.8 Å². The van der Waals surface area contributed by atoms with Crippen molar-refractivity contribution < 1.29 is 13.9 Å². The van der Waals surface area contributed by atoms with Crippen LogP contribution >= 0.6 is 0 Å². The molecule has 0 amide bonds. The zero-order valence-electron chi connectivity index (χ0n) is 11.1. The minimum Gasteiger partial charge on any atom is -0.497 e. The lowest BCUT2D eigenvalue weighted by Crippen LogP contribution is -1.99. The van der Waals surface area contributed by atoms with Crippen LogP contribution in [0.2, 0.25) is 0 Å². The summed E-state index contributed by atoms with van der Waals surface area (Å²) in [5, 5.41) is 12.0. The van der Waals surface area contributed by atoms with Crippen LogP contribution in [0.25, 0.3) is 0 Å². The van der Waals surface area contributed by atoms with E-state index in [2.05, 4.69) is 5.32 Å². The van der Waals surface area contributed by atoms with E-state index >= 15 is 0 Å². The highest BCUT2D eigenvalue weighted by molar-refractivity contribution is 5.72. The maximum Gasteiger partial charge on any atom is 0.143 e. The lowest BCUT2D eigenvalue weighted by molar-refractivity contribution is 0.405. The molecule has 0 atom stereocenters. The molecule has 0 spiro atoms. The number of nitriles is 1. The summed E-state index contributed by atoms with van der Waals surface area (Å²) in [6.07, 6.45) is 0. The number of methoxy groups -OCH3 is 2. The highest BCUT2D eigenvalue weighted by atomic mass is 19.1. The van der Waals surface area contributed by atoms with Crippen molar-refractivity contribution in [1.82, 2.24) is 0 Å². The Kier molecular flexibility index (Phi) is 4.06. The van der Waals surface area contributed by atoms with Crippen LogP contribution in [0.4, 0.5) is 15.8 Å². The Morgan fingerprint density at radius 2 is 1.90 bits per heavy atom. The first-order chi connectivity index (χ1) is 9.69. The van der Waals surface area contributed by atoms with Gasteiger partial charge in [-0.2, -0.15) is 5.26 Å². The molecular weight excluding hydrogens is 259 g/mol. The number of hydrogen-bond donors (Lipinski definition) is 1. The molecule has 2 aromatic rings. The fraction of sp³-hybridized carbons (Fsp3) is 0.133. The normalized spacial score (nSPS) is 9.70. The van der Waals surface area contributed by atoms with E-state index in [1.54, 1.807) is 31.4 Å². The van der Waals surface area contributed by atoms with Crippen LogP contribution in [0, 0.1) is 17.1 Å². The molecule has 2 aromatic carbocycles. The van der Waals surface area contributed by atoms with Gasteiger partial charge in [0.25, 0.3) is 0 Å². The third-order valence-corrected chi connectivity index (χ3v) is 2.80. The molecule has 0 bridgehead atoms. The predicted molar refractivity (Wildman–Crippen MR) is 73.9 cm³/mol. The van der Waals surface area contributed by atoms with Crippen molar-refractivity contribution in [2.24, 2.45) is 0 Å². The highest BCUT2D eigenvalue weighted by Crippen LogP contribution is 2.32. The number of anilines is 2. The van der Waals surface area contributed by atoms with Crippen molar-refractivity contribution in [3.05, 3.63) is 47.8 Å². The minimum absolute atomic E-state index is 0.0441. The lowest BCUT2D eigenvalue weighted by Gasteiger charge is -2.13. The van der Waals surface area contributed by atoms with Crippen molar-refractivity contribution in [1.29, 1.82) is 5.26 Å². The van der Waals surface area contributed by atoms with Crippen molar-refractivity contribution >= 4 is 11.4 Å². The number of hydrogen-bond acceptors (Lipinski definition) is 4. The quantitative estimate of drug-likeness (QED) is 0.926. The molecule has 2 rings (SSSR count). The number of ether oxygens (including phenoxy) is 2. The van der Waals surface area contributed by atoms with E-state index in [1.165, 1.54) is 19.2 Å². The van der Waals surface area contributed by atoms with Gasteiger partial charge >= 0.3 is 0 Å². The van der Waals surface area contributed by atoms with Gasteiger partial charge in [0.1, 0.15) is 28.9 Å². The van der Waals surface area contributed by atoms with E-state index in [9.17, 15) is 4.39 Å². The Morgan fingerprint density at radius 1 is 1.10 bits per heavy atom. The van der Waals surface area contributed by atoms with Crippen LogP contribution in [-0.4, -0.2) is 14.2 Å². The van der Waals surface area contributed by atoms with Crippen molar-refractivity contribution in [2.45, 2.75) is 0 Å². The van der Waals surface area contributed by atoms with Crippen LogP contribution < -0.4 is 14.8 Å². The van der Waals surface area contributed by atoms with Crippen LogP contribution in [0.3, 0.4) is 0 Å². The van der Waals surface area contributed by atoms with Gasteiger partial charge in [-0.05, 0) is 24.3 Å². The van der Waals surface area contributed by atoms with Gasteiger partial charge in [-0.1, -0.05) is 6.07 Å². The van der Waals surface area contributed by atoms with E-state index in [-0.39, 0.29) is 5.56 Å². The summed E-state index contributed by atoms with van der Waals surface area (Å²) in [5.74, 6) is 0.626. The Labute approximate surface area is 116 Å². The molecule has 0 aliphatic rings. The van der Waals surface area contributed by atoms with Crippen LogP contribution in [-0.2, 0) is 0 Å². The molecule has 0 aromatic heterocycles. The van der Waals surface area contributed by atoms with E-state index in [0.717, 1.165) is 0 Å². The third-order valence-electron chi connectivity index (χ3n) is 2.80. The number of benzene rings is 2. The van der Waals surface area contributed by atoms with E-state index < -0.39 is 5.82 Å². The summed E-state index contributed by atoms with van der Waals surface area (Å²) in [4.78, 5) is 0. The molecule has 102 valence electrons. The van der Waals surface area contributed by atoms with Gasteiger partial charge in [-0.25, -0.2) is 4.39 Å². The fourth-order valence-electron chi connectivity index (χ4n) is 1.80. The summed E-state index contributed by atoms with van der Waals surface area (Å²) in [7, 11) is 3.08. The van der Waals surface area contributed by atoms with E-state index in [0.29, 0.717) is 22.9 Å². The van der Waals surface area contributed by atoms with Gasteiger partial charge in [0, 0.05) is 6.07 Å². The molecule has 0 saturated heterocycles. The molecule has 4 nitrogen and oxygen atoms in total. The standard InChI is InChI=1S/C15H13FN2O2/c1-19-10-6-7-15(20-2)14(8-10)18-13-5-3-4-12(16)11(13)9-17/h3-8,18H,1-2H3. The molecule has 0 aliphatic heterocycles. The topological polar surface area (TPSA) is 54.3 Å². The Morgan fingerprint density at radius 3 is 2.55 bits per heavy atom. The smallest absolute Gasteiger partial charge is 0.143 e. The average molecular weight is 272 g/mol. The van der Waals surface area contributed by atoms with Gasteiger partial charge in [-0.15, -0.1) is 0 Å². The second kappa shape index (κ2) is 5.93. The summed E-state index contributed by atoms with van der Waals surface area (Å²) in [6, 6.07) is 11.4. The second-order valence-electron chi connectivity index (χ2n) is 3.97. The van der Waals surface area contributed by atoms with Crippen LogP contribution in [0.1, 0.15) is 5.56 Å².